The number of carbonyl (C=O) groups excluding carboxylic acids is 1. The van der Waals surface area contributed by atoms with Crippen LogP contribution in [0.2, 0.25) is 0 Å². The van der Waals surface area contributed by atoms with Crippen molar-refractivity contribution in [3.63, 3.8) is 0 Å². The van der Waals surface area contributed by atoms with Crippen LogP contribution in [0, 0.1) is 23.1 Å². The van der Waals surface area contributed by atoms with Crippen LogP contribution in [0.5, 0.6) is 0 Å². The van der Waals surface area contributed by atoms with E-state index in [0.29, 0.717) is 32.1 Å². The molecule has 0 aromatic heterocycles. The summed E-state index contributed by atoms with van der Waals surface area (Å²) in [6, 6.07) is 16.9. The molecule has 8 heteroatoms. The number of hydrogen-bond donors (Lipinski definition) is 1. The first-order valence-corrected chi connectivity index (χ1v) is 12.8. The van der Waals surface area contributed by atoms with Crippen molar-refractivity contribution in [1.82, 2.24) is 15.1 Å². The minimum absolute atomic E-state index is 0.00645. The van der Waals surface area contributed by atoms with E-state index in [1.807, 2.05) is 24.0 Å². The molecule has 0 bridgehead atoms. The number of benzene rings is 2. The summed E-state index contributed by atoms with van der Waals surface area (Å²) in [4.78, 5) is 19.4. The number of carbonyl (C=O) groups is 1. The first-order valence-electron chi connectivity index (χ1n) is 12.8. The summed E-state index contributed by atoms with van der Waals surface area (Å²) in [7, 11) is 1.73. The minimum atomic E-state index is -0.512. The molecule has 2 fully saturated rings. The Hall–Kier alpha value is -3.15. The Morgan fingerprint density at radius 1 is 1.17 bits per heavy atom. The van der Waals surface area contributed by atoms with Crippen molar-refractivity contribution >= 4 is 11.7 Å². The normalized spacial score (nSPS) is 20.1. The lowest BCUT2D eigenvalue weighted by Crippen LogP contribution is -2.57. The Bertz CT molecular complexity index is 1050. The Balaban J connectivity index is 1.23. The number of nitrogens with zero attached hydrogens (tertiary/aromatic N) is 4. The van der Waals surface area contributed by atoms with Crippen molar-refractivity contribution in [3.05, 3.63) is 65.5 Å². The highest BCUT2D eigenvalue weighted by molar-refractivity contribution is 5.75. The van der Waals surface area contributed by atoms with Gasteiger partial charge in [0.15, 0.2) is 0 Å². The highest BCUT2D eigenvalue weighted by Gasteiger charge is 2.30. The second-order valence-electron chi connectivity index (χ2n) is 9.82. The average molecular weight is 494 g/mol. The van der Waals surface area contributed by atoms with Crippen LogP contribution < -0.4 is 10.2 Å². The molecular formula is C28H36FN5O2. The van der Waals surface area contributed by atoms with Gasteiger partial charge in [0.1, 0.15) is 11.9 Å². The van der Waals surface area contributed by atoms with E-state index in [1.54, 1.807) is 19.2 Å². The quantitative estimate of drug-likeness (QED) is 0.635. The highest BCUT2D eigenvalue weighted by atomic mass is 19.1. The van der Waals surface area contributed by atoms with E-state index in [4.69, 9.17) is 10.00 Å². The van der Waals surface area contributed by atoms with Gasteiger partial charge in [-0.25, -0.2) is 9.18 Å². The van der Waals surface area contributed by atoms with E-state index in [0.717, 1.165) is 38.2 Å². The molecule has 2 aromatic rings. The van der Waals surface area contributed by atoms with Gasteiger partial charge < -0.3 is 19.9 Å². The maximum Gasteiger partial charge on any atom is 0.317 e. The summed E-state index contributed by atoms with van der Waals surface area (Å²) in [6.45, 7) is 7.35. The zero-order chi connectivity index (χ0) is 25.5. The fourth-order valence-electron chi connectivity index (χ4n) is 5.35. The maximum atomic E-state index is 13.7. The molecule has 0 spiro atoms. The second kappa shape index (κ2) is 12.2. The topological polar surface area (TPSA) is 71.8 Å². The average Bonchev–Trinajstić information content (AvgIpc) is 2.90. The fourth-order valence-corrected chi connectivity index (χ4v) is 5.35. The molecule has 0 radical (unpaired) electrons. The third-order valence-corrected chi connectivity index (χ3v) is 7.49. The van der Waals surface area contributed by atoms with Crippen molar-refractivity contribution in [2.24, 2.45) is 5.92 Å². The smallest absolute Gasteiger partial charge is 0.317 e. The number of ether oxygens (including phenoxy) is 1. The summed E-state index contributed by atoms with van der Waals surface area (Å²) >= 11 is 0. The van der Waals surface area contributed by atoms with E-state index in [1.165, 1.54) is 11.6 Å². The molecule has 2 aliphatic rings. The standard InChI is InChI=1S/C28H36FN5O2/c1-21-19-33(25-8-9-26(29)24(16-25)17-30)14-15-34(21)28(35)31-18-27(36-2)23-10-12-32(13-11-23)20-22-6-4-3-5-7-22/h3-9,16,21,23,27H,10-15,18-20H2,1-2H3,(H,31,35)/t21-,27-/m1/s1. The summed E-state index contributed by atoms with van der Waals surface area (Å²) in [5.41, 5.74) is 2.18. The summed E-state index contributed by atoms with van der Waals surface area (Å²) in [5.74, 6) is -0.0914. The molecule has 4 rings (SSSR count). The molecule has 2 aliphatic heterocycles. The summed E-state index contributed by atoms with van der Waals surface area (Å²) in [5, 5.41) is 12.2. The first kappa shape index (κ1) is 25.9. The number of nitriles is 1. The summed E-state index contributed by atoms with van der Waals surface area (Å²) in [6.07, 6.45) is 2.10. The van der Waals surface area contributed by atoms with Crippen LogP contribution >= 0.6 is 0 Å². The minimum Gasteiger partial charge on any atom is -0.379 e. The van der Waals surface area contributed by atoms with Crippen LogP contribution in [0.4, 0.5) is 14.9 Å². The zero-order valence-electron chi connectivity index (χ0n) is 21.2. The number of piperazine rings is 1. The number of anilines is 1. The highest BCUT2D eigenvalue weighted by Crippen LogP contribution is 2.24. The van der Waals surface area contributed by atoms with Gasteiger partial charge in [-0.2, -0.15) is 5.26 Å². The van der Waals surface area contributed by atoms with Crippen molar-refractivity contribution in [2.45, 2.75) is 38.5 Å². The van der Waals surface area contributed by atoms with E-state index >= 15 is 0 Å². The van der Waals surface area contributed by atoms with Gasteiger partial charge in [-0.3, -0.25) is 4.90 Å². The lowest BCUT2D eigenvalue weighted by molar-refractivity contribution is 0.0213. The van der Waals surface area contributed by atoms with Gasteiger partial charge in [-0.15, -0.1) is 0 Å². The molecule has 2 atom stereocenters. The molecule has 0 unspecified atom stereocenters. The van der Waals surface area contributed by atoms with Crippen LogP contribution in [0.3, 0.4) is 0 Å². The Morgan fingerprint density at radius 2 is 1.92 bits per heavy atom. The van der Waals surface area contributed by atoms with Crippen molar-refractivity contribution < 1.29 is 13.9 Å². The maximum absolute atomic E-state index is 13.7. The number of nitrogens with one attached hydrogen (secondary N) is 1. The molecular weight excluding hydrogens is 457 g/mol. The predicted molar refractivity (Wildman–Crippen MR) is 138 cm³/mol. The number of methoxy groups -OCH3 is 1. The van der Waals surface area contributed by atoms with Gasteiger partial charge in [0.25, 0.3) is 0 Å². The SMILES string of the molecule is CO[C@H](CNC(=O)N1CCN(c2ccc(F)c(C#N)c2)C[C@H]1C)C1CCN(Cc2ccccc2)CC1. The van der Waals surface area contributed by atoms with Crippen LogP contribution in [-0.4, -0.2) is 74.4 Å². The summed E-state index contributed by atoms with van der Waals surface area (Å²) < 4.78 is 19.5. The van der Waals surface area contributed by atoms with Crippen LogP contribution in [0.25, 0.3) is 0 Å². The Kier molecular flexibility index (Phi) is 8.79. The molecule has 0 aliphatic carbocycles. The van der Waals surface area contributed by atoms with Crippen molar-refractivity contribution in [2.75, 3.05) is 51.3 Å². The van der Waals surface area contributed by atoms with Gasteiger partial charge in [0.2, 0.25) is 0 Å². The van der Waals surface area contributed by atoms with Gasteiger partial charge in [0, 0.05) is 51.6 Å². The molecule has 2 amide bonds. The Morgan fingerprint density at radius 3 is 2.58 bits per heavy atom. The molecule has 2 aromatic carbocycles. The number of halogens is 1. The molecule has 2 saturated heterocycles. The zero-order valence-corrected chi connectivity index (χ0v) is 21.2. The fraction of sp³-hybridized carbons (Fsp3) is 0.500. The Labute approximate surface area is 213 Å². The number of rotatable bonds is 7. The van der Waals surface area contributed by atoms with Crippen molar-refractivity contribution in [1.29, 1.82) is 5.26 Å². The molecule has 36 heavy (non-hydrogen) atoms. The number of hydrogen-bond acceptors (Lipinski definition) is 5. The van der Waals surface area contributed by atoms with E-state index in [2.05, 4.69) is 39.4 Å². The van der Waals surface area contributed by atoms with Gasteiger partial charge in [-0.1, -0.05) is 30.3 Å². The second-order valence-corrected chi connectivity index (χ2v) is 9.82. The van der Waals surface area contributed by atoms with Gasteiger partial charge in [-0.05, 0) is 62.5 Å². The van der Waals surface area contributed by atoms with Gasteiger partial charge in [0.05, 0.1) is 11.7 Å². The third-order valence-electron chi connectivity index (χ3n) is 7.49. The predicted octanol–water partition coefficient (Wildman–Crippen LogP) is 3.84. The number of likely N-dealkylation sites (tertiary alicyclic amines) is 1. The number of urea groups is 1. The third kappa shape index (κ3) is 6.34. The first-order chi connectivity index (χ1) is 17.5. The monoisotopic (exact) mass is 493 g/mol. The lowest BCUT2D eigenvalue weighted by atomic mass is 9.90. The molecule has 0 saturated carbocycles. The van der Waals surface area contributed by atoms with E-state index < -0.39 is 5.82 Å². The largest absolute Gasteiger partial charge is 0.379 e. The van der Waals surface area contributed by atoms with Crippen LogP contribution in [0.1, 0.15) is 30.9 Å². The van der Waals surface area contributed by atoms with Crippen molar-refractivity contribution in [3.8, 4) is 6.07 Å². The molecule has 1 N–H and O–H groups in total. The van der Waals surface area contributed by atoms with Crippen LogP contribution in [0.15, 0.2) is 48.5 Å². The van der Waals surface area contributed by atoms with E-state index in [-0.39, 0.29) is 23.7 Å². The van der Waals surface area contributed by atoms with Gasteiger partial charge >= 0.3 is 6.03 Å². The number of piperidine rings is 1. The van der Waals surface area contributed by atoms with Crippen LogP contribution in [-0.2, 0) is 11.3 Å². The molecule has 192 valence electrons. The molecule has 7 nitrogen and oxygen atoms in total. The number of amides is 2. The lowest BCUT2D eigenvalue weighted by Gasteiger charge is -2.41. The van der Waals surface area contributed by atoms with E-state index in [9.17, 15) is 9.18 Å². The molecule has 2 heterocycles.